The van der Waals surface area contributed by atoms with Gasteiger partial charge in [0.25, 0.3) is 0 Å². The number of hydrogen-bond donors (Lipinski definition) is 2. The minimum absolute atomic E-state index is 0.0722. The molecule has 10 heteroatoms. The van der Waals surface area contributed by atoms with E-state index >= 15 is 0 Å². The fourth-order valence-electron chi connectivity index (χ4n) is 4.06. The Morgan fingerprint density at radius 3 is 2.17 bits per heavy atom. The highest BCUT2D eigenvalue weighted by molar-refractivity contribution is 5.78. The van der Waals surface area contributed by atoms with Crippen LogP contribution in [0.1, 0.15) is 29.4 Å². The van der Waals surface area contributed by atoms with Crippen LogP contribution in [0.5, 0.6) is 28.7 Å². The van der Waals surface area contributed by atoms with Crippen LogP contribution in [0.15, 0.2) is 36.4 Å². The smallest absolute Gasteiger partial charge is 0.226 e. The van der Waals surface area contributed by atoms with E-state index in [4.69, 9.17) is 28.8 Å². The largest absolute Gasteiger partial charge is 0.493 e. The summed E-state index contributed by atoms with van der Waals surface area (Å²) in [6.45, 7) is 0.0722. The minimum atomic E-state index is -0.321. The Morgan fingerprint density at radius 1 is 0.886 bits per heavy atom. The number of fused-ring (bicyclic) bond motifs is 1. The molecule has 1 aliphatic rings. The first-order valence-electron chi connectivity index (χ1n) is 11.1. The minimum Gasteiger partial charge on any atom is -0.493 e. The number of nitrogens with zero attached hydrogens (tertiary/aromatic N) is 3. The standard InChI is InChI=1S/C25H30N4O6/c1-31-19-9-8-15(11-20(19)32-2)17-14-18(29-25(26-17)27-23(28-29)7-6-10-30)16-12-21(33-3)24(35-5)22(13-16)34-4/h8-9,11-14,18,30H,6-7,10H2,1-5H3,(H,26,27,28). The van der Waals surface area contributed by atoms with E-state index < -0.39 is 0 Å². The highest BCUT2D eigenvalue weighted by atomic mass is 16.5. The van der Waals surface area contributed by atoms with Crippen LogP contribution >= 0.6 is 0 Å². The zero-order chi connectivity index (χ0) is 24.9. The van der Waals surface area contributed by atoms with Crippen LogP contribution in [-0.4, -0.2) is 62.0 Å². The molecular weight excluding hydrogens is 452 g/mol. The first-order chi connectivity index (χ1) is 17.1. The maximum atomic E-state index is 9.26. The summed E-state index contributed by atoms with van der Waals surface area (Å²) >= 11 is 0. The lowest BCUT2D eigenvalue weighted by atomic mass is 10.0. The van der Waals surface area contributed by atoms with Gasteiger partial charge < -0.3 is 34.1 Å². The molecule has 0 aliphatic carbocycles. The Hall–Kier alpha value is -3.92. The van der Waals surface area contributed by atoms with Gasteiger partial charge in [-0.05, 0) is 48.4 Å². The van der Waals surface area contributed by atoms with Crippen LogP contribution in [0, 0.1) is 0 Å². The summed E-state index contributed by atoms with van der Waals surface area (Å²) in [7, 11) is 7.95. The average Bonchev–Trinajstić information content (AvgIpc) is 3.32. The number of aliphatic hydroxyl groups is 1. The van der Waals surface area contributed by atoms with Crippen molar-refractivity contribution < 1.29 is 28.8 Å². The molecule has 186 valence electrons. The lowest BCUT2D eigenvalue weighted by molar-refractivity contribution is 0.287. The summed E-state index contributed by atoms with van der Waals surface area (Å²) in [4.78, 5) is 4.68. The van der Waals surface area contributed by atoms with E-state index in [0.717, 1.165) is 16.8 Å². The molecule has 0 saturated carbocycles. The van der Waals surface area contributed by atoms with Gasteiger partial charge in [-0.1, -0.05) is 0 Å². The zero-order valence-corrected chi connectivity index (χ0v) is 20.5. The van der Waals surface area contributed by atoms with Crippen molar-refractivity contribution in [3.05, 3.63) is 53.4 Å². The van der Waals surface area contributed by atoms with Gasteiger partial charge in [-0.25, -0.2) is 4.68 Å². The molecule has 0 saturated heterocycles. The summed E-state index contributed by atoms with van der Waals surface area (Å²) in [6.07, 6.45) is 3.19. The lowest BCUT2D eigenvalue weighted by Crippen LogP contribution is -2.20. The second-order valence-corrected chi connectivity index (χ2v) is 7.80. The first kappa shape index (κ1) is 24.2. The van der Waals surface area contributed by atoms with Crippen molar-refractivity contribution >= 4 is 11.6 Å². The van der Waals surface area contributed by atoms with E-state index in [1.54, 1.807) is 35.5 Å². The number of hydrogen-bond acceptors (Lipinski definition) is 9. The van der Waals surface area contributed by atoms with Crippen molar-refractivity contribution in [2.75, 3.05) is 47.5 Å². The second kappa shape index (κ2) is 10.6. The molecule has 1 aromatic heterocycles. The Balaban J connectivity index is 1.85. The molecule has 3 aromatic rings. The fraction of sp³-hybridized carbons (Fsp3) is 0.360. The van der Waals surface area contributed by atoms with Crippen LogP contribution in [0.25, 0.3) is 5.70 Å². The molecule has 0 fully saturated rings. The van der Waals surface area contributed by atoms with Gasteiger partial charge in [0.1, 0.15) is 6.04 Å². The van der Waals surface area contributed by atoms with Gasteiger partial charge >= 0.3 is 0 Å². The lowest BCUT2D eigenvalue weighted by Gasteiger charge is -2.25. The maximum absolute atomic E-state index is 9.26. The van der Waals surface area contributed by atoms with E-state index in [1.807, 2.05) is 35.0 Å². The molecule has 0 bridgehead atoms. The molecule has 0 spiro atoms. The van der Waals surface area contributed by atoms with Gasteiger partial charge in [0.05, 0.1) is 35.5 Å². The zero-order valence-electron chi connectivity index (χ0n) is 20.5. The van der Waals surface area contributed by atoms with E-state index in [0.29, 0.717) is 53.4 Å². The number of aliphatic hydroxyl groups excluding tert-OH is 1. The van der Waals surface area contributed by atoms with Crippen molar-refractivity contribution in [2.45, 2.75) is 18.9 Å². The van der Waals surface area contributed by atoms with Crippen molar-refractivity contribution in [3.8, 4) is 28.7 Å². The molecule has 2 N–H and O–H groups in total. The van der Waals surface area contributed by atoms with Gasteiger partial charge in [0.15, 0.2) is 28.8 Å². The number of aryl methyl sites for hydroxylation is 1. The molecule has 1 unspecified atom stereocenters. The van der Waals surface area contributed by atoms with Crippen LogP contribution in [0.2, 0.25) is 0 Å². The highest BCUT2D eigenvalue weighted by Crippen LogP contribution is 2.43. The molecule has 35 heavy (non-hydrogen) atoms. The van der Waals surface area contributed by atoms with E-state index in [1.165, 1.54) is 0 Å². The normalized spacial score (nSPS) is 14.5. The van der Waals surface area contributed by atoms with Gasteiger partial charge in [-0.3, -0.25) is 0 Å². The Kier molecular flexibility index (Phi) is 7.31. The maximum Gasteiger partial charge on any atom is 0.226 e. The number of nitrogens with one attached hydrogen (secondary N) is 1. The number of benzene rings is 2. The molecule has 2 heterocycles. The topological polar surface area (TPSA) is 109 Å². The quantitative estimate of drug-likeness (QED) is 0.450. The molecule has 4 rings (SSSR count). The molecule has 1 atom stereocenters. The predicted octanol–water partition coefficient (Wildman–Crippen LogP) is 3.30. The molecule has 0 radical (unpaired) electrons. The van der Waals surface area contributed by atoms with Crippen LogP contribution < -0.4 is 29.0 Å². The molecule has 1 aliphatic heterocycles. The monoisotopic (exact) mass is 482 g/mol. The number of methoxy groups -OCH3 is 5. The molecule has 0 amide bonds. The third-order valence-corrected chi connectivity index (χ3v) is 5.79. The van der Waals surface area contributed by atoms with Crippen molar-refractivity contribution in [1.29, 1.82) is 0 Å². The second-order valence-electron chi connectivity index (χ2n) is 7.80. The van der Waals surface area contributed by atoms with E-state index in [2.05, 4.69) is 16.4 Å². The summed E-state index contributed by atoms with van der Waals surface area (Å²) in [5, 5.41) is 17.4. The fourth-order valence-corrected chi connectivity index (χ4v) is 4.06. The molecule has 2 aromatic carbocycles. The third kappa shape index (κ3) is 4.69. The van der Waals surface area contributed by atoms with Crippen molar-refractivity contribution in [3.63, 3.8) is 0 Å². The van der Waals surface area contributed by atoms with Gasteiger partial charge in [0.2, 0.25) is 11.7 Å². The number of anilines is 1. The van der Waals surface area contributed by atoms with Gasteiger partial charge in [-0.2, -0.15) is 10.1 Å². The Labute approximate surface area is 204 Å². The Bertz CT molecular complexity index is 1200. The van der Waals surface area contributed by atoms with Gasteiger partial charge in [0, 0.05) is 24.3 Å². The first-order valence-corrected chi connectivity index (χ1v) is 11.1. The SMILES string of the molecule is COc1ccc(C2=CC(c3cc(OC)c(OC)c(OC)c3)n3nc(CCCO)nc3N2)cc1OC. The molecular formula is C25H30N4O6. The van der Waals surface area contributed by atoms with Crippen molar-refractivity contribution in [1.82, 2.24) is 14.8 Å². The predicted molar refractivity (Wildman–Crippen MR) is 131 cm³/mol. The number of allylic oxidation sites excluding steroid dienone is 1. The highest BCUT2D eigenvalue weighted by Gasteiger charge is 2.28. The van der Waals surface area contributed by atoms with Crippen LogP contribution in [0.4, 0.5) is 5.95 Å². The van der Waals surface area contributed by atoms with Crippen LogP contribution in [0.3, 0.4) is 0 Å². The number of aromatic nitrogens is 3. The summed E-state index contributed by atoms with van der Waals surface area (Å²) in [6, 6.07) is 9.20. The number of rotatable bonds is 10. The van der Waals surface area contributed by atoms with Crippen molar-refractivity contribution in [2.24, 2.45) is 0 Å². The summed E-state index contributed by atoms with van der Waals surface area (Å²) in [5.41, 5.74) is 2.60. The summed E-state index contributed by atoms with van der Waals surface area (Å²) < 4.78 is 29.4. The summed E-state index contributed by atoms with van der Waals surface area (Å²) in [5.74, 6) is 4.09. The number of ether oxygens (including phenoxy) is 5. The van der Waals surface area contributed by atoms with Crippen LogP contribution in [-0.2, 0) is 6.42 Å². The van der Waals surface area contributed by atoms with E-state index in [-0.39, 0.29) is 12.6 Å². The molecule has 10 nitrogen and oxygen atoms in total. The Morgan fingerprint density at radius 2 is 1.57 bits per heavy atom. The van der Waals surface area contributed by atoms with Gasteiger partial charge in [-0.15, -0.1) is 0 Å². The average molecular weight is 483 g/mol. The van der Waals surface area contributed by atoms with E-state index in [9.17, 15) is 5.11 Å². The third-order valence-electron chi connectivity index (χ3n) is 5.79.